The molecule has 1 aliphatic rings. The second-order valence-electron chi connectivity index (χ2n) is 7.10. The summed E-state index contributed by atoms with van der Waals surface area (Å²) in [5.74, 6) is 1.23. The highest BCUT2D eigenvalue weighted by Gasteiger charge is 2.22. The van der Waals surface area contributed by atoms with Gasteiger partial charge in [0.2, 0.25) is 5.91 Å². The predicted molar refractivity (Wildman–Crippen MR) is 110 cm³/mol. The molecule has 0 atom stereocenters. The molecule has 0 unspecified atom stereocenters. The van der Waals surface area contributed by atoms with Gasteiger partial charge in [-0.15, -0.1) is 11.8 Å². The van der Waals surface area contributed by atoms with E-state index in [1.54, 1.807) is 11.8 Å². The van der Waals surface area contributed by atoms with E-state index in [2.05, 4.69) is 47.2 Å². The van der Waals surface area contributed by atoms with E-state index in [4.69, 9.17) is 4.98 Å². The molecule has 1 amide bonds. The van der Waals surface area contributed by atoms with Crippen LogP contribution in [0.5, 0.6) is 0 Å². The lowest BCUT2D eigenvalue weighted by molar-refractivity contribution is -0.130. The van der Waals surface area contributed by atoms with Crippen molar-refractivity contribution in [1.29, 1.82) is 0 Å². The summed E-state index contributed by atoms with van der Waals surface area (Å²) in [4.78, 5) is 24.9. The van der Waals surface area contributed by atoms with Gasteiger partial charge in [-0.3, -0.25) is 4.79 Å². The number of anilines is 1. The molecule has 5 nitrogen and oxygen atoms in total. The van der Waals surface area contributed by atoms with E-state index in [9.17, 15) is 4.79 Å². The van der Waals surface area contributed by atoms with Crippen molar-refractivity contribution < 1.29 is 4.79 Å². The standard InChI is InChI=1S/C20H28N4OS/c1-15-13-19(21-18-14-16(26-4)5-6-17(15)18)23-8-7-20(25)24(12-11-23)10-9-22(2)3/h5-6,13-14H,7-12H2,1-4H3. The van der Waals surface area contributed by atoms with E-state index in [0.29, 0.717) is 6.42 Å². The van der Waals surface area contributed by atoms with Crippen molar-refractivity contribution in [2.24, 2.45) is 0 Å². The molecular formula is C20H28N4OS. The van der Waals surface area contributed by atoms with E-state index >= 15 is 0 Å². The zero-order chi connectivity index (χ0) is 18.7. The molecular weight excluding hydrogens is 344 g/mol. The highest BCUT2D eigenvalue weighted by molar-refractivity contribution is 7.98. The first kappa shape index (κ1) is 19.0. The van der Waals surface area contributed by atoms with Crippen LogP contribution in [0.15, 0.2) is 29.2 Å². The van der Waals surface area contributed by atoms with E-state index < -0.39 is 0 Å². The topological polar surface area (TPSA) is 39.7 Å². The summed E-state index contributed by atoms with van der Waals surface area (Å²) in [5.41, 5.74) is 2.27. The number of rotatable bonds is 5. The van der Waals surface area contributed by atoms with Crippen molar-refractivity contribution in [3.05, 3.63) is 29.8 Å². The number of likely N-dealkylation sites (N-methyl/N-ethyl adjacent to an activating group) is 1. The van der Waals surface area contributed by atoms with Gasteiger partial charge in [0.1, 0.15) is 5.82 Å². The zero-order valence-corrected chi connectivity index (χ0v) is 17.0. The summed E-state index contributed by atoms with van der Waals surface area (Å²) in [7, 11) is 4.08. The van der Waals surface area contributed by atoms with E-state index in [0.717, 1.165) is 44.1 Å². The van der Waals surface area contributed by atoms with Crippen LogP contribution < -0.4 is 4.90 Å². The average molecular weight is 373 g/mol. The van der Waals surface area contributed by atoms with Gasteiger partial charge in [-0.2, -0.15) is 0 Å². The Morgan fingerprint density at radius 3 is 2.73 bits per heavy atom. The third kappa shape index (κ3) is 4.30. The Morgan fingerprint density at radius 2 is 2.00 bits per heavy atom. The quantitative estimate of drug-likeness (QED) is 0.755. The van der Waals surface area contributed by atoms with Crippen molar-refractivity contribution in [2.45, 2.75) is 18.2 Å². The minimum Gasteiger partial charge on any atom is -0.354 e. The Bertz CT molecular complexity index is 793. The number of aromatic nitrogens is 1. The Hall–Kier alpha value is -1.79. The summed E-state index contributed by atoms with van der Waals surface area (Å²) >= 11 is 1.73. The van der Waals surface area contributed by atoms with Crippen LogP contribution in [0.4, 0.5) is 5.82 Å². The maximum Gasteiger partial charge on any atom is 0.224 e. The number of nitrogens with zero attached hydrogens (tertiary/aromatic N) is 4. The van der Waals surface area contributed by atoms with Crippen LogP contribution in [0.25, 0.3) is 10.9 Å². The number of benzene rings is 1. The highest BCUT2D eigenvalue weighted by atomic mass is 32.2. The zero-order valence-electron chi connectivity index (χ0n) is 16.2. The molecule has 2 aromatic rings. The van der Waals surface area contributed by atoms with Crippen molar-refractivity contribution >= 4 is 34.4 Å². The van der Waals surface area contributed by atoms with Gasteiger partial charge in [-0.25, -0.2) is 4.98 Å². The first-order chi connectivity index (χ1) is 12.5. The molecule has 1 saturated heterocycles. The summed E-state index contributed by atoms with van der Waals surface area (Å²) in [6, 6.07) is 8.61. The van der Waals surface area contributed by atoms with Gasteiger partial charge >= 0.3 is 0 Å². The number of hydrogen-bond acceptors (Lipinski definition) is 5. The van der Waals surface area contributed by atoms with Gasteiger partial charge in [-0.1, -0.05) is 6.07 Å². The first-order valence-corrected chi connectivity index (χ1v) is 10.3. The number of fused-ring (bicyclic) bond motifs is 1. The van der Waals surface area contributed by atoms with E-state index in [1.807, 2.05) is 19.0 Å². The second-order valence-corrected chi connectivity index (χ2v) is 7.98. The number of pyridine rings is 1. The fourth-order valence-corrected chi connectivity index (χ4v) is 3.74. The van der Waals surface area contributed by atoms with Crippen LogP contribution in [0.3, 0.4) is 0 Å². The molecule has 3 rings (SSSR count). The van der Waals surface area contributed by atoms with Gasteiger partial charge in [0, 0.05) is 49.4 Å². The van der Waals surface area contributed by atoms with Crippen LogP contribution in [-0.2, 0) is 4.79 Å². The summed E-state index contributed by atoms with van der Waals surface area (Å²) in [6.07, 6.45) is 2.64. The Morgan fingerprint density at radius 1 is 1.19 bits per heavy atom. The lowest BCUT2D eigenvalue weighted by atomic mass is 10.1. The average Bonchev–Trinajstić information content (AvgIpc) is 2.81. The lowest BCUT2D eigenvalue weighted by Crippen LogP contribution is -2.38. The largest absolute Gasteiger partial charge is 0.354 e. The molecule has 26 heavy (non-hydrogen) atoms. The molecule has 1 aromatic heterocycles. The molecule has 0 radical (unpaired) electrons. The number of carbonyl (C=O) groups excluding carboxylic acids is 1. The SMILES string of the molecule is CSc1ccc2c(C)cc(N3CCC(=O)N(CCN(C)C)CC3)nc2c1. The molecule has 0 bridgehead atoms. The first-order valence-electron chi connectivity index (χ1n) is 9.11. The van der Waals surface area contributed by atoms with Crippen LogP contribution >= 0.6 is 11.8 Å². The number of carbonyl (C=O) groups is 1. The third-order valence-electron chi connectivity index (χ3n) is 4.94. The molecule has 0 aliphatic carbocycles. The van der Waals surface area contributed by atoms with Crippen LogP contribution in [0.1, 0.15) is 12.0 Å². The maximum absolute atomic E-state index is 12.4. The number of thioether (sulfide) groups is 1. The fraction of sp³-hybridized carbons (Fsp3) is 0.500. The smallest absolute Gasteiger partial charge is 0.224 e. The second kappa shape index (κ2) is 8.27. The molecule has 2 heterocycles. The number of aryl methyl sites for hydroxylation is 1. The van der Waals surface area contributed by atoms with Gasteiger partial charge in [0.05, 0.1) is 5.52 Å². The van der Waals surface area contributed by atoms with E-state index in [-0.39, 0.29) is 5.91 Å². The highest BCUT2D eigenvalue weighted by Crippen LogP contribution is 2.27. The van der Waals surface area contributed by atoms with Gasteiger partial charge in [-0.05, 0) is 51.0 Å². The van der Waals surface area contributed by atoms with Crippen LogP contribution in [-0.4, -0.2) is 73.8 Å². The van der Waals surface area contributed by atoms with Gasteiger partial charge in [0.25, 0.3) is 0 Å². The third-order valence-corrected chi connectivity index (χ3v) is 5.66. The minimum absolute atomic E-state index is 0.247. The molecule has 0 spiro atoms. The molecule has 0 N–H and O–H groups in total. The molecule has 1 fully saturated rings. The van der Waals surface area contributed by atoms with Crippen molar-refractivity contribution in [3.63, 3.8) is 0 Å². The van der Waals surface area contributed by atoms with Gasteiger partial charge < -0.3 is 14.7 Å². The lowest BCUT2D eigenvalue weighted by Gasteiger charge is -2.24. The van der Waals surface area contributed by atoms with Crippen LogP contribution in [0.2, 0.25) is 0 Å². The molecule has 140 valence electrons. The predicted octanol–water partition coefficient (Wildman–Crippen LogP) is 2.87. The summed E-state index contributed by atoms with van der Waals surface area (Å²) in [6.45, 7) is 6.16. The minimum atomic E-state index is 0.247. The van der Waals surface area contributed by atoms with E-state index in [1.165, 1.54) is 15.8 Å². The van der Waals surface area contributed by atoms with Crippen molar-refractivity contribution in [1.82, 2.24) is 14.8 Å². The maximum atomic E-state index is 12.4. The summed E-state index contributed by atoms with van der Waals surface area (Å²) < 4.78 is 0. The van der Waals surface area contributed by atoms with Crippen molar-refractivity contribution in [2.75, 3.05) is 58.0 Å². The number of hydrogen-bond donors (Lipinski definition) is 0. The Kier molecular flexibility index (Phi) is 6.04. The monoisotopic (exact) mass is 372 g/mol. The summed E-state index contributed by atoms with van der Waals surface area (Å²) in [5, 5.41) is 1.20. The number of amides is 1. The fourth-order valence-electron chi connectivity index (χ4n) is 3.31. The Labute approximate surface area is 160 Å². The molecule has 1 aromatic carbocycles. The van der Waals surface area contributed by atoms with Crippen LogP contribution in [0, 0.1) is 6.92 Å². The van der Waals surface area contributed by atoms with Crippen molar-refractivity contribution in [3.8, 4) is 0 Å². The molecule has 1 aliphatic heterocycles. The Balaban J connectivity index is 1.81. The molecule has 6 heteroatoms. The molecule has 0 saturated carbocycles. The van der Waals surface area contributed by atoms with Gasteiger partial charge in [0.15, 0.2) is 0 Å². The normalized spacial score (nSPS) is 15.8.